The maximum Gasteiger partial charge on any atom is 0.00162 e. The molecule has 2 rings (SSSR count). The zero-order chi connectivity index (χ0) is 13.8. The predicted octanol–water partition coefficient (Wildman–Crippen LogP) is 5.67. The summed E-state index contributed by atoms with van der Waals surface area (Å²) in [5.41, 5.74) is 5.36. The van der Waals surface area contributed by atoms with E-state index in [1.165, 1.54) is 18.4 Å². The van der Waals surface area contributed by atoms with Crippen molar-refractivity contribution in [3.05, 3.63) is 34.9 Å². The molecule has 0 unspecified atom stereocenters. The molecule has 2 aliphatic carbocycles. The first kappa shape index (κ1) is 13.6. The van der Waals surface area contributed by atoms with Crippen LogP contribution in [0.25, 0.3) is 0 Å². The summed E-state index contributed by atoms with van der Waals surface area (Å²) in [6.45, 7) is 16.5. The number of fused-ring (bicyclic) bond motifs is 1. The van der Waals surface area contributed by atoms with E-state index in [1.54, 1.807) is 11.1 Å². The van der Waals surface area contributed by atoms with Crippen LogP contribution in [-0.2, 0) is 0 Å². The molecule has 0 heteroatoms. The SMILES string of the molecule is CC1=CC(C)(C)C=C2C(=C1)C(C)(C)CCC2(C)C. The standard InChI is InChI=1S/C18H28/c1-13-10-14-15(12-16(2,3)11-13)18(6,7)9-8-17(14,4)5/h10-12H,8-9H2,1-7H3. The minimum absolute atomic E-state index is 0.169. The lowest BCUT2D eigenvalue weighted by Crippen LogP contribution is -2.32. The Morgan fingerprint density at radius 2 is 1.28 bits per heavy atom. The fraction of sp³-hybridized carbons (Fsp3) is 0.667. The maximum atomic E-state index is 2.51. The third-order valence-corrected chi connectivity index (χ3v) is 4.61. The minimum atomic E-state index is 0.169. The predicted molar refractivity (Wildman–Crippen MR) is 80.5 cm³/mol. The third-order valence-electron chi connectivity index (χ3n) is 4.61. The first-order chi connectivity index (χ1) is 8.04. The highest BCUT2D eigenvalue weighted by Crippen LogP contribution is 2.54. The van der Waals surface area contributed by atoms with E-state index in [9.17, 15) is 0 Å². The van der Waals surface area contributed by atoms with E-state index >= 15 is 0 Å². The number of allylic oxidation sites excluding steroid dienone is 6. The molecule has 18 heavy (non-hydrogen) atoms. The molecule has 0 amide bonds. The van der Waals surface area contributed by atoms with Crippen LogP contribution in [0.2, 0.25) is 0 Å². The summed E-state index contributed by atoms with van der Waals surface area (Å²) in [6.07, 6.45) is 9.92. The summed E-state index contributed by atoms with van der Waals surface area (Å²) in [5, 5.41) is 0. The van der Waals surface area contributed by atoms with Crippen molar-refractivity contribution < 1.29 is 0 Å². The van der Waals surface area contributed by atoms with Gasteiger partial charge < -0.3 is 0 Å². The molecule has 0 aromatic rings. The van der Waals surface area contributed by atoms with Crippen LogP contribution in [0.3, 0.4) is 0 Å². The Morgan fingerprint density at radius 1 is 0.778 bits per heavy atom. The molecule has 1 fully saturated rings. The van der Waals surface area contributed by atoms with Gasteiger partial charge in [0.1, 0.15) is 0 Å². The molecule has 0 spiro atoms. The maximum absolute atomic E-state index is 2.51. The van der Waals surface area contributed by atoms with Gasteiger partial charge in [-0.2, -0.15) is 0 Å². The van der Waals surface area contributed by atoms with Gasteiger partial charge in [0, 0.05) is 5.41 Å². The lowest BCUT2D eigenvalue weighted by molar-refractivity contribution is 0.258. The van der Waals surface area contributed by atoms with Gasteiger partial charge in [-0.05, 0) is 41.7 Å². The Balaban J connectivity index is 2.64. The lowest BCUT2D eigenvalue weighted by atomic mass is 9.60. The van der Waals surface area contributed by atoms with Crippen molar-refractivity contribution in [1.29, 1.82) is 0 Å². The van der Waals surface area contributed by atoms with Crippen LogP contribution in [0, 0.1) is 16.2 Å². The van der Waals surface area contributed by atoms with Crippen molar-refractivity contribution >= 4 is 0 Å². The molecule has 0 bridgehead atoms. The summed E-state index contributed by atoms with van der Waals surface area (Å²) < 4.78 is 0. The second-order valence-corrected chi connectivity index (χ2v) is 8.09. The molecular formula is C18H28. The van der Waals surface area contributed by atoms with Gasteiger partial charge >= 0.3 is 0 Å². The molecule has 0 radical (unpaired) electrons. The Kier molecular flexibility index (Phi) is 2.92. The topological polar surface area (TPSA) is 0 Å². The minimum Gasteiger partial charge on any atom is -0.0721 e. The van der Waals surface area contributed by atoms with Crippen LogP contribution < -0.4 is 0 Å². The van der Waals surface area contributed by atoms with E-state index in [0.717, 1.165) is 0 Å². The van der Waals surface area contributed by atoms with Gasteiger partial charge in [0.15, 0.2) is 0 Å². The van der Waals surface area contributed by atoms with Gasteiger partial charge in [0.2, 0.25) is 0 Å². The van der Waals surface area contributed by atoms with Crippen molar-refractivity contribution in [3.8, 4) is 0 Å². The average molecular weight is 244 g/mol. The molecular weight excluding hydrogens is 216 g/mol. The lowest BCUT2D eigenvalue weighted by Gasteiger charge is -2.45. The average Bonchev–Trinajstić information content (AvgIpc) is 2.30. The van der Waals surface area contributed by atoms with Gasteiger partial charge in [-0.3, -0.25) is 0 Å². The smallest absolute Gasteiger partial charge is 0.00162 e. The van der Waals surface area contributed by atoms with E-state index in [4.69, 9.17) is 0 Å². The largest absolute Gasteiger partial charge is 0.0721 e. The molecule has 0 aromatic heterocycles. The van der Waals surface area contributed by atoms with Crippen molar-refractivity contribution in [2.24, 2.45) is 16.2 Å². The van der Waals surface area contributed by atoms with Crippen LogP contribution in [0.15, 0.2) is 34.9 Å². The van der Waals surface area contributed by atoms with E-state index < -0.39 is 0 Å². The van der Waals surface area contributed by atoms with E-state index in [2.05, 4.69) is 66.7 Å². The second-order valence-electron chi connectivity index (χ2n) is 8.09. The third kappa shape index (κ3) is 2.35. The van der Waals surface area contributed by atoms with E-state index in [-0.39, 0.29) is 5.41 Å². The summed E-state index contributed by atoms with van der Waals surface area (Å²) in [4.78, 5) is 0. The Bertz CT molecular complexity index is 450. The van der Waals surface area contributed by atoms with E-state index in [0.29, 0.717) is 10.8 Å². The van der Waals surface area contributed by atoms with Crippen molar-refractivity contribution in [2.45, 2.75) is 61.3 Å². The normalized spacial score (nSPS) is 28.5. The van der Waals surface area contributed by atoms with Crippen LogP contribution in [0.4, 0.5) is 0 Å². The molecule has 0 nitrogen and oxygen atoms in total. The Labute approximate surface area is 113 Å². The van der Waals surface area contributed by atoms with Crippen molar-refractivity contribution in [1.82, 2.24) is 0 Å². The number of hydrogen-bond donors (Lipinski definition) is 0. The number of rotatable bonds is 0. The molecule has 2 aliphatic rings. The molecule has 100 valence electrons. The first-order valence-corrected chi connectivity index (χ1v) is 7.19. The van der Waals surface area contributed by atoms with Crippen LogP contribution in [-0.4, -0.2) is 0 Å². The Hall–Kier alpha value is -0.780. The van der Waals surface area contributed by atoms with Gasteiger partial charge in [-0.25, -0.2) is 0 Å². The summed E-state index contributed by atoms with van der Waals surface area (Å²) >= 11 is 0. The monoisotopic (exact) mass is 244 g/mol. The van der Waals surface area contributed by atoms with Gasteiger partial charge in [-0.1, -0.05) is 65.3 Å². The first-order valence-electron chi connectivity index (χ1n) is 7.19. The molecule has 1 saturated carbocycles. The second kappa shape index (κ2) is 3.85. The molecule has 0 saturated heterocycles. The summed E-state index contributed by atoms with van der Waals surface area (Å²) in [6, 6.07) is 0. The van der Waals surface area contributed by atoms with Crippen molar-refractivity contribution in [2.75, 3.05) is 0 Å². The summed E-state index contributed by atoms with van der Waals surface area (Å²) in [7, 11) is 0. The van der Waals surface area contributed by atoms with Crippen LogP contribution >= 0.6 is 0 Å². The highest BCUT2D eigenvalue weighted by molar-refractivity contribution is 5.49. The zero-order valence-corrected chi connectivity index (χ0v) is 13.1. The Morgan fingerprint density at radius 3 is 1.83 bits per heavy atom. The quantitative estimate of drug-likeness (QED) is 0.515. The van der Waals surface area contributed by atoms with Gasteiger partial charge in [0.25, 0.3) is 0 Å². The van der Waals surface area contributed by atoms with Gasteiger partial charge in [0.05, 0.1) is 0 Å². The van der Waals surface area contributed by atoms with Crippen molar-refractivity contribution in [3.63, 3.8) is 0 Å². The molecule has 0 heterocycles. The molecule has 0 N–H and O–H groups in total. The van der Waals surface area contributed by atoms with E-state index in [1.807, 2.05) is 0 Å². The molecule has 0 aromatic carbocycles. The fourth-order valence-corrected chi connectivity index (χ4v) is 3.44. The molecule has 0 atom stereocenters. The van der Waals surface area contributed by atoms with Crippen LogP contribution in [0.5, 0.6) is 0 Å². The van der Waals surface area contributed by atoms with Gasteiger partial charge in [-0.15, -0.1) is 0 Å². The molecule has 0 aliphatic heterocycles. The fourth-order valence-electron chi connectivity index (χ4n) is 3.44. The zero-order valence-electron chi connectivity index (χ0n) is 13.1. The highest BCUT2D eigenvalue weighted by atomic mass is 14.4. The highest BCUT2D eigenvalue weighted by Gasteiger charge is 2.41. The van der Waals surface area contributed by atoms with Crippen LogP contribution in [0.1, 0.15) is 61.3 Å². The number of hydrogen-bond acceptors (Lipinski definition) is 0. The summed E-state index contributed by atoms with van der Waals surface area (Å²) in [5.74, 6) is 0.